The van der Waals surface area contributed by atoms with Crippen LogP contribution in [0.25, 0.3) is 0 Å². The van der Waals surface area contributed by atoms with Crippen LogP contribution in [0, 0.1) is 11.3 Å². The molecule has 1 heterocycles. The summed E-state index contributed by atoms with van der Waals surface area (Å²) in [5.74, 6) is -0.00540. The van der Waals surface area contributed by atoms with E-state index in [4.69, 9.17) is 0 Å². The molecule has 2 N–H and O–H groups in total. The maximum absolute atomic E-state index is 12.5. The molecule has 0 unspecified atom stereocenters. The maximum Gasteiger partial charge on any atom is 0.239 e. The standard InChI is InChI=1S/C20H31N3O2/c1-15(2)11-12-21-18(24)20(3,4)19(25)22-16-7-9-17(10-8-16)23-13-5-6-14-23/h7-10,15H,5-6,11-14H2,1-4H3,(H,21,24)(H,22,25). The Hall–Kier alpha value is -2.04. The van der Waals surface area contributed by atoms with Crippen molar-refractivity contribution in [1.29, 1.82) is 0 Å². The lowest BCUT2D eigenvalue weighted by Crippen LogP contribution is -2.45. The zero-order valence-electron chi connectivity index (χ0n) is 15.9. The SMILES string of the molecule is CC(C)CCNC(=O)C(C)(C)C(=O)Nc1ccc(N2CCCC2)cc1. The van der Waals surface area contributed by atoms with Crippen LogP contribution in [-0.2, 0) is 9.59 Å². The van der Waals surface area contributed by atoms with Crippen LogP contribution < -0.4 is 15.5 Å². The first kappa shape index (κ1) is 19.3. The molecule has 0 spiro atoms. The van der Waals surface area contributed by atoms with Gasteiger partial charge in [0.2, 0.25) is 11.8 Å². The van der Waals surface area contributed by atoms with Gasteiger partial charge in [0, 0.05) is 31.0 Å². The lowest BCUT2D eigenvalue weighted by Gasteiger charge is -2.23. The fourth-order valence-corrected chi connectivity index (χ4v) is 2.82. The minimum Gasteiger partial charge on any atom is -0.372 e. The number of carbonyl (C=O) groups excluding carboxylic acids is 2. The first-order valence-electron chi connectivity index (χ1n) is 9.25. The summed E-state index contributed by atoms with van der Waals surface area (Å²) < 4.78 is 0. The molecule has 0 bridgehead atoms. The average Bonchev–Trinajstić information content (AvgIpc) is 3.09. The van der Waals surface area contributed by atoms with Gasteiger partial charge in [-0.3, -0.25) is 9.59 Å². The number of nitrogens with zero attached hydrogens (tertiary/aromatic N) is 1. The second kappa shape index (κ2) is 8.37. The molecular weight excluding hydrogens is 314 g/mol. The summed E-state index contributed by atoms with van der Waals surface area (Å²) >= 11 is 0. The van der Waals surface area contributed by atoms with E-state index in [-0.39, 0.29) is 11.8 Å². The fraction of sp³-hybridized carbons (Fsp3) is 0.600. The molecule has 1 aliphatic heterocycles. The van der Waals surface area contributed by atoms with Crippen molar-refractivity contribution in [3.05, 3.63) is 24.3 Å². The fourth-order valence-electron chi connectivity index (χ4n) is 2.82. The number of rotatable bonds is 7. The van der Waals surface area contributed by atoms with Crippen molar-refractivity contribution in [1.82, 2.24) is 5.32 Å². The summed E-state index contributed by atoms with van der Waals surface area (Å²) in [5, 5.41) is 5.72. The molecule has 0 aliphatic carbocycles. The zero-order valence-corrected chi connectivity index (χ0v) is 15.9. The van der Waals surface area contributed by atoms with Crippen LogP contribution in [0.1, 0.15) is 47.0 Å². The van der Waals surface area contributed by atoms with Crippen molar-refractivity contribution in [3.63, 3.8) is 0 Å². The molecule has 138 valence electrons. The Labute approximate surface area is 151 Å². The van der Waals surface area contributed by atoms with Crippen molar-refractivity contribution >= 4 is 23.2 Å². The van der Waals surface area contributed by atoms with Crippen molar-refractivity contribution in [2.45, 2.75) is 47.0 Å². The van der Waals surface area contributed by atoms with E-state index < -0.39 is 5.41 Å². The molecule has 0 atom stereocenters. The highest BCUT2D eigenvalue weighted by atomic mass is 16.2. The molecule has 0 saturated carbocycles. The Morgan fingerprint density at radius 1 is 1.08 bits per heavy atom. The lowest BCUT2D eigenvalue weighted by molar-refractivity contribution is -0.138. The van der Waals surface area contributed by atoms with Gasteiger partial charge in [0.15, 0.2) is 0 Å². The highest BCUT2D eigenvalue weighted by Gasteiger charge is 2.35. The molecule has 0 aromatic heterocycles. The molecule has 1 fully saturated rings. The number of amides is 2. The molecule has 2 rings (SSSR count). The molecule has 1 aliphatic rings. The van der Waals surface area contributed by atoms with Crippen LogP contribution in [0.2, 0.25) is 0 Å². The Bertz CT molecular complexity index is 587. The maximum atomic E-state index is 12.5. The summed E-state index contributed by atoms with van der Waals surface area (Å²) in [6, 6.07) is 7.85. The van der Waals surface area contributed by atoms with E-state index in [0.29, 0.717) is 12.5 Å². The summed E-state index contributed by atoms with van der Waals surface area (Å²) in [6.07, 6.45) is 3.37. The molecule has 1 aromatic carbocycles. The zero-order chi connectivity index (χ0) is 18.4. The van der Waals surface area contributed by atoms with Crippen LogP contribution in [0.4, 0.5) is 11.4 Å². The van der Waals surface area contributed by atoms with Crippen LogP contribution in [0.15, 0.2) is 24.3 Å². The van der Waals surface area contributed by atoms with Crippen molar-refractivity contribution < 1.29 is 9.59 Å². The molecular formula is C20H31N3O2. The summed E-state index contributed by atoms with van der Waals surface area (Å²) in [4.78, 5) is 27.2. The third kappa shape index (κ3) is 5.21. The van der Waals surface area contributed by atoms with Crippen molar-refractivity contribution in [3.8, 4) is 0 Å². The number of hydrogen-bond donors (Lipinski definition) is 2. The second-order valence-corrected chi connectivity index (χ2v) is 7.76. The Balaban J connectivity index is 1.91. The van der Waals surface area contributed by atoms with Crippen LogP contribution >= 0.6 is 0 Å². The number of benzene rings is 1. The smallest absolute Gasteiger partial charge is 0.239 e. The quantitative estimate of drug-likeness (QED) is 0.745. The minimum absolute atomic E-state index is 0.237. The highest BCUT2D eigenvalue weighted by Crippen LogP contribution is 2.24. The van der Waals surface area contributed by atoms with E-state index >= 15 is 0 Å². The van der Waals surface area contributed by atoms with Crippen LogP contribution in [-0.4, -0.2) is 31.4 Å². The molecule has 1 saturated heterocycles. The molecule has 2 amide bonds. The highest BCUT2D eigenvalue weighted by molar-refractivity contribution is 6.09. The minimum atomic E-state index is -1.11. The van der Waals surface area contributed by atoms with Crippen molar-refractivity contribution in [2.75, 3.05) is 29.9 Å². The number of hydrogen-bond acceptors (Lipinski definition) is 3. The topological polar surface area (TPSA) is 61.4 Å². The van der Waals surface area contributed by atoms with Gasteiger partial charge in [-0.1, -0.05) is 13.8 Å². The monoisotopic (exact) mass is 345 g/mol. The molecule has 5 nitrogen and oxygen atoms in total. The van der Waals surface area contributed by atoms with Gasteiger partial charge < -0.3 is 15.5 Å². The Morgan fingerprint density at radius 2 is 1.68 bits per heavy atom. The third-order valence-corrected chi connectivity index (χ3v) is 4.74. The molecule has 5 heteroatoms. The van der Waals surface area contributed by atoms with Gasteiger partial charge in [0.25, 0.3) is 0 Å². The van der Waals surface area contributed by atoms with Gasteiger partial charge in [0.1, 0.15) is 5.41 Å². The first-order chi connectivity index (χ1) is 11.8. The Morgan fingerprint density at radius 3 is 2.24 bits per heavy atom. The normalized spacial score (nSPS) is 14.7. The van der Waals surface area contributed by atoms with E-state index in [0.717, 1.165) is 25.2 Å². The van der Waals surface area contributed by atoms with Gasteiger partial charge in [-0.25, -0.2) is 0 Å². The second-order valence-electron chi connectivity index (χ2n) is 7.76. The van der Waals surface area contributed by atoms with Gasteiger partial charge in [0.05, 0.1) is 0 Å². The van der Waals surface area contributed by atoms with E-state index in [1.54, 1.807) is 13.8 Å². The van der Waals surface area contributed by atoms with E-state index in [2.05, 4.69) is 29.4 Å². The summed E-state index contributed by atoms with van der Waals surface area (Å²) in [5.41, 5.74) is 0.794. The Kier molecular flexibility index (Phi) is 6.45. The van der Waals surface area contributed by atoms with E-state index in [1.807, 2.05) is 24.3 Å². The number of carbonyl (C=O) groups is 2. The van der Waals surface area contributed by atoms with Gasteiger partial charge in [-0.05, 0) is 63.3 Å². The van der Waals surface area contributed by atoms with Crippen LogP contribution in [0.5, 0.6) is 0 Å². The molecule has 1 aromatic rings. The predicted octanol–water partition coefficient (Wildman–Crippen LogP) is 3.41. The largest absolute Gasteiger partial charge is 0.372 e. The van der Waals surface area contributed by atoms with Crippen molar-refractivity contribution in [2.24, 2.45) is 11.3 Å². The first-order valence-corrected chi connectivity index (χ1v) is 9.25. The molecule has 0 radical (unpaired) electrons. The third-order valence-electron chi connectivity index (χ3n) is 4.74. The van der Waals surface area contributed by atoms with Gasteiger partial charge in [-0.2, -0.15) is 0 Å². The van der Waals surface area contributed by atoms with E-state index in [9.17, 15) is 9.59 Å². The van der Waals surface area contributed by atoms with E-state index in [1.165, 1.54) is 18.5 Å². The van der Waals surface area contributed by atoms with Crippen LogP contribution in [0.3, 0.4) is 0 Å². The average molecular weight is 345 g/mol. The van der Waals surface area contributed by atoms with Gasteiger partial charge in [-0.15, -0.1) is 0 Å². The van der Waals surface area contributed by atoms with Gasteiger partial charge >= 0.3 is 0 Å². The summed E-state index contributed by atoms with van der Waals surface area (Å²) in [7, 11) is 0. The number of nitrogens with one attached hydrogen (secondary N) is 2. The molecule has 25 heavy (non-hydrogen) atoms. The predicted molar refractivity (Wildman–Crippen MR) is 103 cm³/mol. The summed E-state index contributed by atoms with van der Waals surface area (Å²) in [6.45, 7) is 10.3. The lowest BCUT2D eigenvalue weighted by atomic mass is 9.90. The number of anilines is 2.